The molecule has 52 heavy (non-hydrogen) atoms. The van der Waals surface area contributed by atoms with Crippen LogP contribution in [-0.4, -0.2) is 63.8 Å². The van der Waals surface area contributed by atoms with Crippen LogP contribution in [0, 0.1) is 12.8 Å². The van der Waals surface area contributed by atoms with Gasteiger partial charge in [0.2, 0.25) is 0 Å². The van der Waals surface area contributed by atoms with Crippen LogP contribution in [0.3, 0.4) is 0 Å². The molecule has 2 amide bonds. The molecule has 0 radical (unpaired) electrons. The van der Waals surface area contributed by atoms with Crippen molar-refractivity contribution in [3.63, 3.8) is 0 Å². The molecule has 0 aliphatic carbocycles. The Morgan fingerprint density at radius 1 is 1.23 bits per heavy atom. The van der Waals surface area contributed by atoms with Gasteiger partial charge >= 0.3 is 0 Å². The summed E-state index contributed by atoms with van der Waals surface area (Å²) in [4.78, 5) is 29.9. The summed E-state index contributed by atoms with van der Waals surface area (Å²) in [5.74, 6) is -0.638. The number of carbonyl (C=O) groups excluding carboxylic acids is 2. The minimum atomic E-state index is -3.90. The molecule has 2 aliphatic rings. The topological polar surface area (TPSA) is 124 Å². The van der Waals surface area contributed by atoms with E-state index in [0.29, 0.717) is 41.8 Å². The summed E-state index contributed by atoms with van der Waals surface area (Å²) in [6.45, 7) is 11.2. The molecule has 282 valence electrons. The highest BCUT2D eigenvalue weighted by molar-refractivity contribution is 14.2. The Morgan fingerprint density at radius 3 is 2.71 bits per heavy atom. The Bertz CT molecular complexity index is 1930. The van der Waals surface area contributed by atoms with Gasteiger partial charge in [-0.05, 0) is 103 Å². The van der Waals surface area contributed by atoms with Crippen LogP contribution < -0.4 is 14.4 Å². The molecule has 5 atom stereocenters. The molecule has 15 heteroatoms. The van der Waals surface area contributed by atoms with Crippen molar-refractivity contribution >= 4 is 67.5 Å². The van der Waals surface area contributed by atoms with Crippen molar-refractivity contribution in [2.75, 3.05) is 31.2 Å². The predicted octanol–water partition coefficient (Wildman–Crippen LogP) is 8.13. The average Bonchev–Trinajstić information content (AvgIpc) is 3.34. The standard InChI is InChI=1S/C37H48ClIN5O6PS/c1-7-10-26-19-28(38)12-14-30(26)27-21-44-17-16-25(8-2)33(50-51-39)11-9-18-49-37(4,5)36(46)42-52(47,29-13-15-34(48-23-27)32(44)20-29)41-35(45)31-22-43(6)40-24(31)3/h9,11-15,19-20,22,25,27,33,51H,7-8,10,16-18,21,23H2,1-6H3,(H,41,42,45,46,47)/b11-9+. The summed E-state index contributed by atoms with van der Waals surface area (Å²) in [6.07, 6.45) is 8.80. The Morgan fingerprint density at radius 2 is 2.02 bits per heavy atom. The van der Waals surface area contributed by atoms with Gasteiger partial charge in [0.05, 0.1) is 47.6 Å². The molecule has 0 spiro atoms. The van der Waals surface area contributed by atoms with Gasteiger partial charge in [-0.15, -0.1) is 4.36 Å². The van der Waals surface area contributed by atoms with Crippen molar-refractivity contribution in [1.82, 2.24) is 14.5 Å². The van der Waals surface area contributed by atoms with Crippen LogP contribution in [0.5, 0.6) is 5.75 Å². The highest BCUT2D eigenvalue weighted by Crippen LogP contribution is 2.39. The van der Waals surface area contributed by atoms with E-state index >= 15 is 4.21 Å². The fraction of sp³-hybridized carbons (Fsp3) is 0.486. The molecule has 5 unspecified atom stereocenters. The average molecular weight is 884 g/mol. The third kappa shape index (κ3) is 9.57. The van der Waals surface area contributed by atoms with E-state index in [1.165, 1.54) is 15.8 Å². The second-order valence-electron chi connectivity index (χ2n) is 13.7. The quantitative estimate of drug-likeness (QED) is 0.137. The number of carbonyl (C=O) groups is 2. The monoisotopic (exact) mass is 883 g/mol. The highest BCUT2D eigenvalue weighted by atomic mass is 127. The van der Waals surface area contributed by atoms with Gasteiger partial charge in [-0.25, -0.2) is 4.21 Å². The van der Waals surface area contributed by atoms with E-state index < -0.39 is 27.3 Å². The lowest BCUT2D eigenvalue weighted by Gasteiger charge is -2.31. The fourth-order valence-corrected chi connectivity index (χ4v) is 9.70. The SMILES string of the molecule is CCCc1cc(Cl)ccc1C1COc2ccc3cc2N(CCC(CC)C(OPI)/C=C/COC(C)(C)C(=O)N=S3(=O)NC(=O)c2cn(C)nc2C)C1. The van der Waals surface area contributed by atoms with Gasteiger partial charge in [0.1, 0.15) is 11.4 Å². The zero-order valence-corrected chi connectivity index (χ0v) is 35.2. The Balaban J connectivity index is 1.66. The molecular weight excluding hydrogens is 836 g/mol. The first-order valence-electron chi connectivity index (χ1n) is 17.5. The maximum absolute atomic E-state index is 15.1. The number of ether oxygens (including phenoxy) is 2. The number of aryl methyl sites for hydroxylation is 3. The van der Waals surface area contributed by atoms with Crippen LogP contribution in [0.25, 0.3) is 0 Å². The van der Waals surface area contributed by atoms with Crippen LogP contribution in [0.2, 0.25) is 5.02 Å². The summed E-state index contributed by atoms with van der Waals surface area (Å²) in [6, 6.07) is 11.2. The first-order chi connectivity index (χ1) is 24.8. The van der Waals surface area contributed by atoms with Crippen LogP contribution >= 0.6 is 40.1 Å². The van der Waals surface area contributed by atoms with E-state index in [0.717, 1.165) is 25.7 Å². The molecular formula is C37H48ClIN5O6PS. The van der Waals surface area contributed by atoms with Crippen molar-refractivity contribution in [1.29, 1.82) is 0 Å². The highest BCUT2D eigenvalue weighted by Gasteiger charge is 2.34. The number of nitrogens with one attached hydrogen (secondary N) is 1. The third-order valence-electron chi connectivity index (χ3n) is 9.56. The van der Waals surface area contributed by atoms with Crippen molar-refractivity contribution in [2.45, 2.75) is 82.8 Å². The summed E-state index contributed by atoms with van der Waals surface area (Å²) < 4.78 is 42.2. The molecule has 0 saturated carbocycles. The largest absolute Gasteiger partial charge is 0.491 e. The van der Waals surface area contributed by atoms with Gasteiger partial charge in [0.15, 0.2) is 9.92 Å². The number of aromatic nitrogens is 2. The summed E-state index contributed by atoms with van der Waals surface area (Å²) in [7, 11) is -2.20. The zero-order chi connectivity index (χ0) is 37.6. The summed E-state index contributed by atoms with van der Waals surface area (Å²) in [5, 5.41) is 4.96. The Hall–Kier alpha value is -2.55. The fourth-order valence-electron chi connectivity index (χ4n) is 6.64. The summed E-state index contributed by atoms with van der Waals surface area (Å²) in [5.41, 5.74) is 2.30. The van der Waals surface area contributed by atoms with Gasteiger partial charge in [-0.2, -0.15) is 5.10 Å². The van der Waals surface area contributed by atoms with Crippen molar-refractivity contribution in [2.24, 2.45) is 17.3 Å². The van der Waals surface area contributed by atoms with Gasteiger partial charge in [0.25, 0.3) is 11.8 Å². The van der Waals surface area contributed by atoms with Crippen molar-refractivity contribution in [3.8, 4) is 5.75 Å². The van der Waals surface area contributed by atoms with E-state index in [1.54, 1.807) is 52.2 Å². The summed E-state index contributed by atoms with van der Waals surface area (Å²) >= 11 is 8.71. The normalized spacial score (nSPS) is 24.6. The lowest BCUT2D eigenvalue weighted by molar-refractivity contribution is -0.137. The van der Waals surface area contributed by atoms with E-state index in [2.05, 4.69) is 61.0 Å². The molecule has 5 rings (SSSR count). The molecule has 3 aromatic rings. The molecule has 2 aliphatic heterocycles. The molecule has 1 N–H and O–H groups in total. The number of halogens is 2. The molecule has 0 fully saturated rings. The number of hydrogen-bond donors (Lipinski definition) is 1. The van der Waals surface area contributed by atoms with E-state index in [4.69, 9.17) is 25.6 Å². The van der Waals surface area contributed by atoms with E-state index in [1.807, 2.05) is 24.3 Å². The number of anilines is 1. The molecule has 1 aromatic heterocycles. The molecule has 11 nitrogen and oxygen atoms in total. The number of benzene rings is 2. The van der Waals surface area contributed by atoms with Crippen LogP contribution in [0.15, 0.2) is 64.0 Å². The van der Waals surface area contributed by atoms with Gasteiger partial charge < -0.3 is 18.9 Å². The Labute approximate surface area is 327 Å². The minimum absolute atomic E-state index is 0.00457. The molecule has 3 heterocycles. The number of hydrogen-bond acceptors (Lipinski definition) is 8. The molecule has 0 saturated heterocycles. The minimum Gasteiger partial charge on any atom is -0.491 e. The van der Waals surface area contributed by atoms with Crippen LogP contribution in [0.4, 0.5) is 5.69 Å². The van der Waals surface area contributed by atoms with E-state index in [-0.39, 0.29) is 41.5 Å². The van der Waals surface area contributed by atoms with E-state index in [9.17, 15) is 9.59 Å². The van der Waals surface area contributed by atoms with Crippen molar-refractivity contribution < 1.29 is 27.8 Å². The second-order valence-corrected chi connectivity index (χ2v) is 17.8. The zero-order valence-electron chi connectivity index (χ0n) is 30.5. The third-order valence-corrected chi connectivity index (χ3v) is 12.7. The number of nitrogens with zero attached hydrogens (tertiary/aromatic N) is 4. The second kappa shape index (κ2) is 17.7. The number of rotatable bonds is 8. The van der Waals surface area contributed by atoms with Gasteiger partial charge in [0, 0.05) is 37.3 Å². The smallest absolute Gasteiger partial charge is 0.287 e. The first-order valence-corrected chi connectivity index (χ1v) is 23.5. The lowest BCUT2D eigenvalue weighted by Crippen LogP contribution is -2.38. The maximum Gasteiger partial charge on any atom is 0.287 e. The molecule has 2 bridgehead atoms. The van der Waals surface area contributed by atoms with Gasteiger partial charge in [-0.3, -0.25) is 19.0 Å². The predicted molar refractivity (Wildman–Crippen MR) is 216 cm³/mol. The maximum atomic E-state index is 15.1. The molecule has 2 aromatic carbocycles. The number of fused-ring (bicyclic) bond motifs is 1. The van der Waals surface area contributed by atoms with Crippen molar-refractivity contribution in [3.05, 3.63) is 82.2 Å². The first kappa shape index (κ1) is 40.6. The van der Waals surface area contributed by atoms with Crippen LogP contribution in [0.1, 0.15) is 80.1 Å². The van der Waals surface area contributed by atoms with Crippen LogP contribution in [-0.2, 0) is 37.4 Å². The Kier molecular flexibility index (Phi) is 13.8. The van der Waals surface area contributed by atoms with Gasteiger partial charge in [-0.1, -0.05) is 56.5 Å². The lowest BCUT2D eigenvalue weighted by atomic mass is 9.91. The number of amides is 2.